The highest BCUT2D eigenvalue weighted by Gasteiger charge is 2.17. The van der Waals surface area contributed by atoms with Crippen molar-refractivity contribution in [3.8, 4) is 0 Å². The average molecular weight is 282 g/mol. The van der Waals surface area contributed by atoms with Gasteiger partial charge in [0, 0.05) is 19.6 Å². The van der Waals surface area contributed by atoms with Gasteiger partial charge in [-0.1, -0.05) is 20.8 Å². The molecule has 0 bridgehead atoms. The van der Waals surface area contributed by atoms with Gasteiger partial charge in [-0.2, -0.15) is 0 Å². The molecule has 0 aromatic rings. The molecule has 20 heavy (non-hydrogen) atoms. The number of hydrogen-bond acceptors (Lipinski definition) is 2. The van der Waals surface area contributed by atoms with E-state index in [2.05, 4.69) is 35.6 Å². The van der Waals surface area contributed by atoms with E-state index in [1.54, 1.807) is 0 Å². The molecule has 1 saturated heterocycles. The van der Waals surface area contributed by atoms with Crippen molar-refractivity contribution < 1.29 is 0 Å². The molecule has 2 N–H and O–H groups in total. The van der Waals surface area contributed by atoms with Crippen molar-refractivity contribution in [2.24, 2.45) is 16.6 Å². The largest absolute Gasteiger partial charge is 0.370 e. The summed E-state index contributed by atoms with van der Waals surface area (Å²) in [4.78, 5) is 9.36. The molecule has 4 nitrogen and oxygen atoms in total. The van der Waals surface area contributed by atoms with Crippen molar-refractivity contribution in [2.75, 3.05) is 39.3 Å². The molecule has 1 unspecified atom stereocenters. The Morgan fingerprint density at radius 3 is 2.55 bits per heavy atom. The Hall–Kier alpha value is -0.770. The Labute approximate surface area is 125 Å². The predicted molar refractivity (Wildman–Crippen MR) is 88.1 cm³/mol. The Morgan fingerprint density at radius 1 is 1.25 bits per heavy atom. The molecule has 118 valence electrons. The van der Waals surface area contributed by atoms with E-state index in [0.717, 1.165) is 44.5 Å². The van der Waals surface area contributed by atoms with E-state index in [9.17, 15) is 0 Å². The summed E-state index contributed by atoms with van der Waals surface area (Å²) in [5.74, 6) is 1.51. The molecule has 0 aromatic heterocycles. The second-order valence-corrected chi connectivity index (χ2v) is 6.13. The summed E-state index contributed by atoms with van der Waals surface area (Å²) in [5.41, 5.74) is 6.11. The highest BCUT2D eigenvalue weighted by molar-refractivity contribution is 5.78. The molecule has 1 aliphatic rings. The number of aliphatic imine (C=N–C) groups is 1. The lowest BCUT2D eigenvalue weighted by Crippen LogP contribution is -2.43. The van der Waals surface area contributed by atoms with E-state index in [4.69, 9.17) is 5.73 Å². The van der Waals surface area contributed by atoms with Crippen LogP contribution in [0.15, 0.2) is 4.99 Å². The van der Waals surface area contributed by atoms with Crippen LogP contribution >= 0.6 is 0 Å². The average Bonchev–Trinajstić information content (AvgIpc) is 2.43. The first kappa shape index (κ1) is 17.3. The summed E-state index contributed by atoms with van der Waals surface area (Å²) in [6.45, 7) is 13.4. The number of hydrogen-bond donors (Lipinski definition) is 1. The molecule has 0 spiro atoms. The topological polar surface area (TPSA) is 44.9 Å². The number of guanidine groups is 1. The molecule has 0 saturated carbocycles. The number of rotatable bonds is 8. The fraction of sp³-hybridized carbons (Fsp3) is 0.938. The van der Waals surface area contributed by atoms with E-state index in [-0.39, 0.29) is 0 Å². The first-order chi connectivity index (χ1) is 9.67. The Bertz CT molecular complexity index is 272. The zero-order valence-electron chi connectivity index (χ0n) is 13.8. The zero-order chi connectivity index (χ0) is 14.8. The summed E-state index contributed by atoms with van der Waals surface area (Å²) in [6, 6.07) is 0. The second-order valence-electron chi connectivity index (χ2n) is 6.13. The highest BCUT2D eigenvalue weighted by atomic mass is 15.3. The van der Waals surface area contributed by atoms with Gasteiger partial charge in [-0.05, 0) is 57.7 Å². The standard InChI is InChI=1S/C16H34N4/c1-4-10-19(11-5-2)12-7-9-18-16(17)20-13-6-8-15(3)14-20/h15H,4-14H2,1-3H3,(H2,17,18). The lowest BCUT2D eigenvalue weighted by molar-refractivity contribution is 0.267. The predicted octanol–water partition coefficient (Wildman–Crippen LogP) is 2.55. The highest BCUT2D eigenvalue weighted by Crippen LogP contribution is 2.14. The van der Waals surface area contributed by atoms with Gasteiger partial charge in [0.2, 0.25) is 0 Å². The van der Waals surface area contributed by atoms with E-state index >= 15 is 0 Å². The van der Waals surface area contributed by atoms with Crippen LogP contribution in [0.1, 0.15) is 52.9 Å². The van der Waals surface area contributed by atoms with E-state index in [1.807, 2.05) is 0 Å². The van der Waals surface area contributed by atoms with Gasteiger partial charge in [0.15, 0.2) is 5.96 Å². The van der Waals surface area contributed by atoms with Gasteiger partial charge >= 0.3 is 0 Å². The molecule has 1 atom stereocenters. The van der Waals surface area contributed by atoms with Crippen LogP contribution in [-0.4, -0.2) is 55.0 Å². The molecule has 1 aliphatic heterocycles. The minimum absolute atomic E-state index is 0.752. The van der Waals surface area contributed by atoms with Crippen LogP contribution in [0.3, 0.4) is 0 Å². The molecular formula is C16H34N4. The first-order valence-electron chi connectivity index (χ1n) is 8.44. The molecule has 1 rings (SSSR count). The monoisotopic (exact) mass is 282 g/mol. The summed E-state index contributed by atoms with van der Waals surface area (Å²) >= 11 is 0. The molecular weight excluding hydrogens is 248 g/mol. The maximum atomic E-state index is 6.11. The quantitative estimate of drug-likeness (QED) is 0.423. The molecule has 4 heteroatoms. The SMILES string of the molecule is CCCN(CCC)CCCN=C(N)N1CCCC(C)C1. The van der Waals surface area contributed by atoms with Crippen molar-refractivity contribution in [3.05, 3.63) is 0 Å². The Morgan fingerprint density at radius 2 is 1.95 bits per heavy atom. The van der Waals surface area contributed by atoms with Crippen LogP contribution < -0.4 is 5.73 Å². The van der Waals surface area contributed by atoms with Crippen LogP contribution in [0, 0.1) is 5.92 Å². The lowest BCUT2D eigenvalue weighted by Gasteiger charge is -2.31. The first-order valence-corrected chi connectivity index (χ1v) is 8.44. The van der Waals surface area contributed by atoms with Crippen molar-refractivity contribution in [1.82, 2.24) is 9.80 Å². The third kappa shape index (κ3) is 6.60. The van der Waals surface area contributed by atoms with Crippen molar-refractivity contribution in [2.45, 2.75) is 52.9 Å². The third-order valence-corrected chi connectivity index (χ3v) is 3.97. The number of nitrogens with zero attached hydrogens (tertiary/aromatic N) is 3. The summed E-state index contributed by atoms with van der Waals surface area (Å²) in [6.07, 6.45) is 6.16. The van der Waals surface area contributed by atoms with Gasteiger partial charge in [0.05, 0.1) is 0 Å². The van der Waals surface area contributed by atoms with Crippen LogP contribution in [0.25, 0.3) is 0 Å². The van der Waals surface area contributed by atoms with Crippen LogP contribution in [0.2, 0.25) is 0 Å². The van der Waals surface area contributed by atoms with Crippen LogP contribution in [0.4, 0.5) is 0 Å². The van der Waals surface area contributed by atoms with Gasteiger partial charge in [-0.25, -0.2) is 0 Å². The zero-order valence-corrected chi connectivity index (χ0v) is 13.8. The lowest BCUT2D eigenvalue weighted by atomic mass is 10.0. The van der Waals surface area contributed by atoms with E-state index < -0.39 is 0 Å². The maximum absolute atomic E-state index is 6.11. The molecule has 0 aromatic carbocycles. The van der Waals surface area contributed by atoms with E-state index in [0.29, 0.717) is 0 Å². The van der Waals surface area contributed by atoms with Gasteiger partial charge < -0.3 is 15.5 Å². The van der Waals surface area contributed by atoms with Crippen LogP contribution in [-0.2, 0) is 0 Å². The minimum atomic E-state index is 0.752. The summed E-state index contributed by atoms with van der Waals surface area (Å²) in [7, 11) is 0. The Kier molecular flexibility index (Phi) is 8.67. The molecule has 1 heterocycles. The van der Waals surface area contributed by atoms with E-state index in [1.165, 1.54) is 38.8 Å². The maximum Gasteiger partial charge on any atom is 0.191 e. The fourth-order valence-corrected chi connectivity index (χ4v) is 2.95. The van der Waals surface area contributed by atoms with Crippen molar-refractivity contribution in [3.63, 3.8) is 0 Å². The fourth-order valence-electron chi connectivity index (χ4n) is 2.95. The van der Waals surface area contributed by atoms with Gasteiger partial charge in [-0.3, -0.25) is 4.99 Å². The second kappa shape index (κ2) is 10.0. The van der Waals surface area contributed by atoms with Gasteiger partial charge in [-0.15, -0.1) is 0 Å². The number of likely N-dealkylation sites (tertiary alicyclic amines) is 1. The van der Waals surface area contributed by atoms with Gasteiger partial charge in [0.25, 0.3) is 0 Å². The van der Waals surface area contributed by atoms with Gasteiger partial charge in [0.1, 0.15) is 0 Å². The molecule has 1 fully saturated rings. The van der Waals surface area contributed by atoms with Crippen LogP contribution in [0.5, 0.6) is 0 Å². The number of nitrogens with two attached hydrogens (primary N) is 1. The normalized spacial score (nSPS) is 20.7. The third-order valence-electron chi connectivity index (χ3n) is 3.97. The number of piperidine rings is 1. The van der Waals surface area contributed by atoms with Crippen molar-refractivity contribution >= 4 is 5.96 Å². The Balaban J connectivity index is 2.24. The minimum Gasteiger partial charge on any atom is -0.370 e. The molecule has 0 aliphatic carbocycles. The molecule has 0 amide bonds. The molecule has 0 radical (unpaired) electrons. The van der Waals surface area contributed by atoms with Crippen molar-refractivity contribution in [1.29, 1.82) is 0 Å². The smallest absolute Gasteiger partial charge is 0.191 e. The summed E-state index contributed by atoms with van der Waals surface area (Å²) < 4.78 is 0. The summed E-state index contributed by atoms with van der Waals surface area (Å²) in [5, 5.41) is 0.